The summed E-state index contributed by atoms with van der Waals surface area (Å²) >= 11 is 0.539. The van der Waals surface area contributed by atoms with E-state index >= 15 is 0 Å². The smallest absolute Gasteiger partial charge is 0.424 e. The van der Waals surface area contributed by atoms with Gasteiger partial charge in [0.15, 0.2) is 11.1 Å². The number of nitrogens with zero attached hydrogens (tertiary/aromatic N) is 2. The van der Waals surface area contributed by atoms with Crippen molar-refractivity contribution >= 4 is 22.4 Å². The Hall–Kier alpha value is -1.50. The van der Waals surface area contributed by atoms with Gasteiger partial charge in [-0.05, 0) is 21.2 Å². The van der Waals surface area contributed by atoms with E-state index in [1.165, 1.54) is 0 Å². The lowest BCUT2D eigenvalue weighted by Crippen LogP contribution is -1.89. The van der Waals surface area contributed by atoms with Crippen molar-refractivity contribution in [3.63, 3.8) is 0 Å². The molecule has 0 bridgehead atoms. The number of carboxylic acid groups (broad SMARTS) is 1. The molecule has 0 aromatic carbocycles. The van der Waals surface area contributed by atoms with E-state index < -0.39 is 16.0 Å². The number of nitro groups is 1. The molecule has 0 saturated carbocycles. The second kappa shape index (κ2) is 2.62. The molecule has 1 heterocycles. The average Bonchev–Trinajstić information content (AvgIpc) is 2.33. The van der Waals surface area contributed by atoms with Crippen LogP contribution < -0.4 is 0 Å². The van der Waals surface area contributed by atoms with E-state index in [0.29, 0.717) is 11.3 Å². The molecule has 0 aliphatic heterocycles. The fourth-order valence-electron chi connectivity index (χ4n) is 0.448. The van der Waals surface area contributed by atoms with E-state index in [9.17, 15) is 14.9 Å². The van der Waals surface area contributed by atoms with Crippen molar-refractivity contribution in [2.24, 2.45) is 0 Å². The molecular formula is C4H2N2O4S. The molecule has 7 heteroatoms. The quantitative estimate of drug-likeness (QED) is 0.527. The number of hydrogen-bond acceptors (Lipinski definition) is 5. The maximum absolute atomic E-state index is 10.2. The van der Waals surface area contributed by atoms with Gasteiger partial charge < -0.3 is 15.2 Å². The van der Waals surface area contributed by atoms with E-state index in [2.05, 4.69) is 4.98 Å². The molecule has 0 atom stereocenters. The van der Waals surface area contributed by atoms with Crippen LogP contribution in [0.15, 0.2) is 6.20 Å². The van der Waals surface area contributed by atoms with Crippen LogP contribution in [0.3, 0.4) is 0 Å². The molecule has 1 rings (SSSR count). The zero-order chi connectivity index (χ0) is 8.43. The third kappa shape index (κ3) is 1.49. The van der Waals surface area contributed by atoms with Gasteiger partial charge >= 0.3 is 11.1 Å². The van der Waals surface area contributed by atoms with E-state index in [-0.39, 0.29) is 4.88 Å². The van der Waals surface area contributed by atoms with Crippen LogP contribution in [0.5, 0.6) is 0 Å². The zero-order valence-corrected chi connectivity index (χ0v) is 5.87. The van der Waals surface area contributed by atoms with Crippen molar-refractivity contribution in [1.82, 2.24) is 4.98 Å². The Labute approximate surface area is 64.3 Å². The fraction of sp³-hybridized carbons (Fsp3) is 0. The first-order valence-electron chi connectivity index (χ1n) is 2.45. The SMILES string of the molecule is O=C(O)c1cnc([N+](=O)[O-])s1. The average molecular weight is 174 g/mol. The van der Waals surface area contributed by atoms with Gasteiger partial charge in [0.1, 0.15) is 0 Å². The number of hydrogen-bond donors (Lipinski definition) is 1. The van der Waals surface area contributed by atoms with Crippen molar-refractivity contribution in [2.45, 2.75) is 0 Å². The highest BCUT2D eigenvalue weighted by atomic mass is 32.1. The summed E-state index contributed by atoms with van der Waals surface area (Å²) in [4.78, 5) is 22.6. The predicted octanol–water partition coefficient (Wildman–Crippen LogP) is 0.749. The van der Waals surface area contributed by atoms with E-state index in [4.69, 9.17) is 5.11 Å². The molecule has 0 saturated heterocycles. The molecule has 0 fully saturated rings. The van der Waals surface area contributed by atoms with Crippen molar-refractivity contribution < 1.29 is 14.8 Å². The van der Waals surface area contributed by atoms with Crippen LogP contribution in [0, 0.1) is 10.1 Å². The standard InChI is InChI=1S/C4H2N2O4S/c7-3(8)2-1-5-4(11-2)6(9)10/h1H,(H,7,8). The van der Waals surface area contributed by atoms with Crippen molar-refractivity contribution in [2.75, 3.05) is 0 Å². The van der Waals surface area contributed by atoms with Gasteiger partial charge in [0.2, 0.25) is 0 Å². The highest BCUT2D eigenvalue weighted by Crippen LogP contribution is 2.19. The third-order valence-corrected chi connectivity index (χ3v) is 1.80. The van der Waals surface area contributed by atoms with Crippen LogP contribution in [0.25, 0.3) is 0 Å². The van der Waals surface area contributed by atoms with Crippen molar-refractivity contribution in [3.8, 4) is 0 Å². The van der Waals surface area contributed by atoms with Crippen LogP contribution in [0.2, 0.25) is 0 Å². The first-order valence-corrected chi connectivity index (χ1v) is 3.26. The molecule has 1 aromatic heterocycles. The summed E-state index contributed by atoms with van der Waals surface area (Å²) in [5.41, 5.74) is 0. The van der Waals surface area contributed by atoms with Gasteiger partial charge in [0.05, 0.1) is 0 Å². The summed E-state index contributed by atoms with van der Waals surface area (Å²) in [5, 5.41) is 17.9. The topological polar surface area (TPSA) is 93.3 Å². The number of thiazole rings is 1. The summed E-state index contributed by atoms with van der Waals surface area (Å²) in [5.74, 6) is -1.20. The normalized spacial score (nSPS) is 9.45. The van der Waals surface area contributed by atoms with Gasteiger partial charge in [-0.15, -0.1) is 0 Å². The van der Waals surface area contributed by atoms with Crippen LogP contribution in [-0.2, 0) is 0 Å². The molecule has 11 heavy (non-hydrogen) atoms. The van der Waals surface area contributed by atoms with Gasteiger partial charge in [-0.3, -0.25) is 0 Å². The zero-order valence-electron chi connectivity index (χ0n) is 5.05. The minimum Gasteiger partial charge on any atom is -0.477 e. The third-order valence-electron chi connectivity index (χ3n) is 0.860. The molecule has 0 amide bonds. The Kier molecular flexibility index (Phi) is 1.81. The van der Waals surface area contributed by atoms with Gasteiger partial charge in [-0.25, -0.2) is 4.79 Å². The van der Waals surface area contributed by atoms with Crippen LogP contribution in [0.1, 0.15) is 9.67 Å². The summed E-state index contributed by atoms with van der Waals surface area (Å²) in [7, 11) is 0. The first kappa shape index (κ1) is 7.61. The maximum atomic E-state index is 10.2. The lowest BCUT2D eigenvalue weighted by atomic mass is 10.6. The van der Waals surface area contributed by atoms with Crippen molar-refractivity contribution in [3.05, 3.63) is 21.2 Å². The molecule has 0 unspecified atom stereocenters. The second-order valence-corrected chi connectivity index (χ2v) is 2.58. The number of aromatic carboxylic acids is 1. The molecule has 1 aromatic rings. The van der Waals surface area contributed by atoms with Crippen LogP contribution >= 0.6 is 11.3 Å². The van der Waals surface area contributed by atoms with Gasteiger partial charge in [0.25, 0.3) is 0 Å². The monoisotopic (exact) mass is 174 g/mol. The lowest BCUT2D eigenvalue weighted by molar-refractivity contribution is -0.384. The summed E-state index contributed by atoms with van der Waals surface area (Å²) in [6.45, 7) is 0. The Morgan fingerprint density at radius 2 is 2.45 bits per heavy atom. The molecule has 0 radical (unpaired) electrons. The molecule has 58 valence electrons. The predicted molar refractivity (Wildman–Crippen MR) is 35.7 cm³/mol. The highest BCUT2D eigenvalue weighted by Gasteiger charge is 2.16. The minimum absolute atomic E-state index is 0.128. The van der Waals surface area contributed by atoms with E-state index in [0.717, 1.165) is 6.20 Å². The Morgan fingerprint density at radius 1 is 1.82 bits per heavy atom. The largest absolute Gasteiger partial charge is 0.477 e. The fourth-order valence-corrected chi connectivity index (χ4v) is 1.02. The van der Waals surface area contributed by atoms with Gasteiger partial charge in [-0.2, -0.15) is 0 Å². The number of carbonyl (C=O) groups is 1. The van der Waals surface area contributed by atoms with Crippen LogP contribution in [-0.4, -0.2) is 21.0 Å². The number of aromatic nitrogens is 1. The number of carboxylic acids is 1. The second-order valence-electron chi connectivity index (χ2n) is 1.57. The highest BCUT2D eigenvalue weighted by molar-refractivity contribution is 7.16. The van der Waals surface area contributed by atoms with E-state index in [1.807, 2.05) is 0 Å². The molecule has 0 aliphatic rings. The Balaban J connectivity index is 2.99. The minimum atomic E-state index is -1.20. The maximum Gasteiger partial charge on any atom is 0.424 e. The molecular weight excluding hydrogens is 172 g/mol. The van der Waals surface area contributed by atoms with Gasteiger partial charge in [-0.1, -0.05) is 0 Å². The Morgan fingerprint density at radius 3 is 2.73 bits per heavy atom. The molecule has 0 aliphatic carbocycles. The number of rotatable bonds is 2. The Bertz CT molecular complexity index is 278. The summed E-state index contributed by atoms with van der Waals surface area (Å²) < 4.78 is 0. The molecule has 1 N–H and O–H groups in total. The lowest BCUT2D eigenvalue weighted by Gasteiger charge is -1.82. The summed E-state index contributed by atoms with van der Waals surface area (Å²) in [6.07, 6.45) is 0.963. The molecule has 6 nitrogen and oxygen atoms in total. The van der Waals surface area contributed by atoms with Crippen molar-refractivity contribution in [1.29, 1.82) is 0 Å². The molecule has 0 spiro atoms. The summed E-state index contributed by atoms with van der Waals surface area (Å²) in [6, 6.07) is 0. The van der Waals surface area contributed by atoms with Crippen LogP contribution in [0.4, 0.5) is 5.13 Å². The first-order chi connectivity index (χ1) is 5.11. The van der Waals surface area contributed by atoms with E-state index in [1.54, 1.807) is 0 Å². The van der Waals surface area contributed by atoms with Gasteiger partial charge in [0, 0.05) is 0 Å².